The first kappa shape index (κ1) is 7.84. The average molecular weight is 166 g/mol. The van der Waals surface area contributed by atoms with E-state index >= 15 is 0 Å². The molecule has 0 radical (unpaired) electrons. The first-order valence-corrected chi connectivity index (χ1v) is 4.77. The summed E-state index contributed by atoms with van der Waals surface area (Å²) in [4.78, 5) is 11.0. The topological polar surface area (TPSA) is 26.3 Å². The summed E-state index contributed by atoms with van der Waals surface area (Å²) in [7, 11) is 0. The van der Waals surface area contributed by atoms with Gasteiger partial charge in [0, 0.05) is 12.3 Å². The fourth-order valence-corrected chi connectivity index (χ4v) is 1.97. The lowest BCUT2D eigenvalue weighted by Gasteiger charge is -2.22. The van der Waals surface area contributed by atoms with E-state index in [4.69, 9.17) is 4.74 Å². The van der Waals surface area contributed by atoms with E-state index in [0.29, 0.717) is 12.3 Å². The SMILES string of the molecule is O=C1CCC2CCCCC=C2O1. The van der Waals surface area contributed by atoms with Crippen molar-refractivity contribution in [2.45, 2.75) is 38.5 Å². The van der Waals surface area contributed by atoms with Gasteiger partial charge in [-0.15, -0.1) is 0 Å². The highest BCUT2D eigenvalue weighted by Crippen LogP contribution is 2.32. The molecule has 66 valence electrons. The molecule has 0 N–H and O–H groups in total. The van der Waals surface area contributed by atoms with Gasteiger partial charge in [-0.25, -0.2) is 0 Å². The lowest BCUT2D eigenvalue weighted by Crippen LogP contribution is -2.19. The van der Waals surface area contributed by atoms with Crippen LogP contribution in [0.1, 0.15) is 38.5 Å². The molecule has 1 atom stereocenters. The minimum atomic E-state index is -0.0422. The standard InChI is InChI=1S/C10H14O2/c11-10-7-6-8-4-2-1-3-5-9(8)12-10/h5,8H,1-4,6-7H2. The van der Waals surface area contributed by atoms with Crippen LogP contribution in [0.25, 0.3) is 0 Å². The number of ether oxygens (including phenoxy) is 1. The molecule has 1 unspecified atom stereocenters. The molecule has 0 aromatic rings. The van der Waals surface area contributed by atoms with Crippen molar-refractivity contribution in [3.8, 4) is 0 Å². The first-order chi connectivity index (χ1) is 5.86. The van der Waals surface area contributed by atoms with Gasteiger partial charge in [-0.1, -0.05) is 6.42 Å². The lowest BCUT2D eigenvalue weighted by atomic mass is 9.94. The van der Waals surface area contributed by atoms with Gasteiger partial charge in [0.25, 0.3) is 0 Å². The highest BCUT2D eigenvalue weighted by atomic mass is 16.5. The fraction of sp³-hybridized carbons (Fsp3) is 0.700. The molecule has 0 saturated carbocycles. The molecule has 2 rings (SSSR count). The molecule has 0 spiro atoms. The molecule has 1 aliphatic heterocycles. The third kappa shape index (κ3) is 1.52. The Morgan fingerprint density at radius 1 is 1.33 bits per heavy atom. The number of carbonyl (C=O) groups excluding carboxylic acids is 1. The van der Waals surface area contributed by atoms with Crippen LogP contribution in [-0.2, 0) is 9.53 Å². The third-order valence-electron chi connectivity index (χ3n) is 2.68. The molecule has 1 heterocycles. The second-order valence-corrected chi connectivity index (χ2v) is 3.60. The summed E-state index contributed by atoms with van der Waals surface area (Å²) in [6.45, 7) is 0. The second-order valence-electron chi connectivity index (χ2n) is 3.60. The van der Waals surface area contributed by atoms with E-state index in [-0.39, 0.29) is 5.97 Å². The number of rotatable bonds is 0. The van der Waals surface area contributed by atoms with Crippen LogP contribution in [0.15, 0.2) is 11.8 Å². The number of carbonyl (C=O) groups is 1. The van der Waals surface area contributed by atoms with Gasteiger partial charge in [0.05, 0.1) is 0 Å². The van der Waals surface area contributed by atoms with Crippen LogP contribution in [0.4, 0.5) is 0 Å². The summed E-state index contributed by atoms with van der Waals surface area (Å²) in [5.74, 6) is 1.47. The third-order valence-corrected chi connectivity index (χ3v) is 2.68. The Kier molecular flexibility index (Phi) is 2.15. The monoisotopic (exact) mass is 166 g/mol. The summed E-state index contributed by atoms with van der Waals surface area (Å²) >= 11 is 0. The average Bonchev–Trinajstić information content (AvgIpc) is 2.28. The smallest absolute Gasteiger partial charge is 0.310 e. The zero-order valence-corrected chi connectivity index (χ0v) is 7.21. The Morgan fingerprint density at radius 3 is 3.17 bits per heavy atom. The normalized spacial score (nSPS) is 29.8. The van der Waals surface area contributed by atoms with Crippen LogP contribution in [0, 0.1) is 5.92 Å². The van der Waals surface area contributed by atoms with Gasteiger partial charge in [-0.3, -0.25) is 4.79 Å². The van der Waals surface area contributed by atoms with Gasteiger partial charge >= 0.3 is 5.97 Å². The number of hydrogen-bond acceptors (Lipinski definition) is 2. The molecule has 2 heteroatoms. The zero-order valence-electron chi connectivity index (χ0n) is 7.21. The predicted molar refractivity (Wildman–Crippen MR) is 45.4 cm³/mol. The summed E-state index contributed by atoms with van der Waals surface area (Å²) < 4.78 is 5.19. The molecule has 0 bridgehead atoms. The van der Waals surface area contributed by atoms with Crippen molar-refractivity contribution in [1.82, 2.24) is 0 Å². The second kappa shape index (κ2) is 3.30. The van der Waals surface area contributed by atoms with Crippen LogP contribution >= 0.6 is 0 Å². The molecule has 1 aliphatic carbocycles. The molecule has 0 aromatic heterocycles. The Balaban J connectivity index is 2.11. The molecule has 0 aromatic carbocycles. The highest BCUT2D eigenvalue weighted by molar-refractivity contribution is 5.71. The van der Waals surface area contributed by atoms with Crippen LogP contribution in [0.3, 0.4) is 0 Å². The van der Waals surface area contributed by atoms with Crippen molar-refractivity contribution in [3.05, 3.63) is 11.8 Å². The Bertz CT molecular complexity index is 218. The van der Waals surface area contributed by atoms with E-state index in [9.17, 15) is 4.79 Å². The molecule has 2 nitrogen and oxygen atoms in total. The van der Waals surface area contributed by atoms with Crippen molar-refractivity contribution in [2.75, 3.05) is 0 Å². The number of fused-ring (bicyclic) bond motifs is 1. The molecule has 0 amide bonds. The fourth-order valence-electron chi connectivity index (χ4n) is 1.97. The Labute approximate surface area is 72.6 Å². The van der Waals surface area contributed by atoms with E-state index in [1.807, 2.05) is 0 Å². The maximum Gasteiger partial charge on any atom is 0.310 e. The van der Waals surface area contributed by atoms with Crippen LogP contribution in [0.2, 0.25) is 0 Å². The van der Waals surface area contributed by atoms with Gasteiger partial charge in [-0.2, -0.15) is 0 Å². The van der Waals surface area contributed by atoms with Crippen molar-refractivity contribution < 1.29 is 9.53 Å². The molecule has 1 fully saturated rings. The maximum atomic E-state index is 11.0. The van der Waals surface area contributed by atoms with E-state index < -0.39 is 0 Å². The van der Waals surface area contributed by atoms with Crippen molar-refractivity contribution >= 4 is 5.97 Å². The van der Waals surface area contributed by atoms with Gasteiger partial charge < -0.3 is 4.74 Å². The van der Waals surface area contributed by atoms with Crippen LogP contribution in [-0.4, -0.2) is 5.97 Å². The zero-order chi connectivity index (χ0) is 8.39. The quantitative estimate of drug-likeness (QED) is 0.516. The summed E-state index contributed by atoms with van der Waals surface area (Å²) in [6, 6.07) is 0. The van der Waals surface area contributed by atoms with Crippen molar-refractivity contribution in [1.29, 1.82) is 0 Å². The number of allylic oxidation sites excluding steroid dienone is 2. The van der Waals surface area contributed by atoms with Crippen molar-refractivity contribution in [2.24, 2.45) is 5.92 Å². The number of hydrogen-bond donors (Lipinski definition) is 0. The Morgan fingerprint density at radius 2 is 2.25 bits per heavy atom. The lowest BCUT2D eigenvalue weighted by molar-refractivity contribution is -0.143. The summed E-state index contributed by atoms with van der Waals surface area (Å²) in [5, 5.41) is 0. The molecular weight excluding hydrogens is 152 g/mol. The Hall–Kier alpha value is -0.790. The highest BCUT2D eigenvalue weighted by Gasteiger charge is 2.25. The first-order valence-electron chi connectivity index (χ1n) is 4.77. The van der Waals surface area contributed by atoms with E-state index in [1.54, 1.807) is 0 Å². The van der Waals surface area contributed by atoms with E-state index in [2.05, 4.69) is 6.08 Å². The largest absolute Gasteiger partial charge is 0.431 e. The van der Waals surface area contributed by atoms with Gasteiger partial charge in [0.2, 0.25) is 0 Å². The molecule has 1 saturated heterocycles. The van der Waals surface area contributed by atoms with Crippen molar-refractivity contribution in [3.63, 3.8) is 0 Å². The summed E-state index contributed by atoms with van der Waals surface area (Å²) in [6.07, 6.45) is 8.54. The molecular formula is C10H14O2. The number of esters is 1. The maximum absolute atomic E-state index is 11.0. The minimum Gasteiger partial charge on any atom is -0.431 e. The minimum absolute atomic E-state index is 0.0422. The molecule has 2 aliphatic rings. The van der Waals surface area contributed by atoms with Crippen LogP contribution < -0.4 is 0 Å². The van der Waals surface area contributed by atoms with E-state index in [1.165, 1.54) is 19.3 Å². The van der Waals surface area contributed by atoms with Gasteiger partial charge in [0.1, 0.15) is 5.76 Å². The van der Waals surface area contributed by atoms with Gasteiger partial charge in [-0.05, 0) is 31.8 Å². The molecule has 12 heavy (non-hydrogen) atoms. The van der Waals surface area contributed by atoms with E-state index in [0.717, 1.165) is 18.6 Å². The van der Waals surface area contributed by atoms with Gasteiger partial charge in [0.15, 0.2) is 0 Å². The van der Waals surface area contributed by atoms with Crippen LogP contribution in [0.5, 0.6) is 0 Å². The predicted octanol–water partition coefficient (Wildman–Crippen LogP) is 2.40. The summed E-state index contributed by atoms with van der Waals surface area (Å²) in [5.41, 5.74) is 0.